The molecule has 0 bridgehead atoms. The van der Waals surface area contributed by atoms with Gasteiger partial charge in [-0.2, -0.15) is 0 Å². The Labute approximate surface area is 347 Å². The molecule has 0 aromatic carbocycles. The van der Waals surface area contributed by atoms with E-state index in [0.29, 0.717) is 17.4 Å². The Hall–Kier alpha value is -1.02. The molecular formula is C47H93N2O6P. The SMILES string of the molecule is CCCCCCCCCCCCCCCCCCCCCCC/C=C/CC/C=C/C(O)C(COP(=O)([O-])OCC[N+](C)(C)C)NC(=O)CCCCCCCCC. The third kappa shape index (κ3) is 41.2. The molecule has 0 aliphatic carbocycles. The quantitative estimate of drug-likeness (QED) is 0.0275. The Morgan fingerprint density at radius 1 is 0.607 bits per heavy atom. The number of likely N-dealkylation sites (N-methyl/N-ethyl adjacent to an activating group) is 1. The van der Waals surface area contributed by atoms with Crippen LogP contribution in [0.3, 0.4) is 0 Å². The number of phosphoric ester groups is 1. The van der Waals surface area contributed by atoms with E-state index < -0.39 is 26.6 Å². The summed E-state index contributed by atoms with van der Waals surface area (Å²) in [4.78, 5) is 25.1. The Morgan fingerprint density at radius 2 is 1.00 bits per heavy atom. The molecule has 2 N–H and O–H groups in total. The second-order valence-corrected chi connectivity index (χ2v) is 18.9. The molecule has 9 heteroatoms. The van der Waals surface area contributed by atoms with Gasteiger partial charge in [-0.15, -0.1) is 0 Å². The first-order chi connectivity index (χ1) is 27.0. The highest BCUT2D eigenvalue weighted by atomic mass is 31.2. The van der Waals surface area contributed by atoms with Gasteiger partial charge in [0.1, 0.15) is 13.2 Å². The van der Waals surface area contributed by atoms with Crippen molar-refractivity contribution in [1.82, 2.24) is 5.32 Å². The summed E-state index contributed by atoms with van der Waals surface area (Å²) in [5, 5.41) is 13.7. The predicted octanol–water partition coefficient (Wildman–Crippen LogP) is 12.7. The highest BCUT2D eigenvalue weighted by molar-refractivity contribution is 7.45. The van der Waals surface area contributed by atoms with Crippen molar-refractivity contribution in [2.75, 3.05) is 40.9 Å². The van der Waals surface area contributed by atoms with Gasteiger partial charge in [-0.05, 0) is 32.1 Å². The predicted molar refractivity (Wildman–Crippen MR) is 238 cm³/mol. The molecule has 3 atom stereocenters. The van der Waals surface area contributed by atoms with Crippen molar-refractivity contribution >= 4 is 13.7 Å². The van der Waals surface area contributed by atoms with Gasteiger partial charge in [0, 0.05) is 6.42 Å². The third-order valence-corrected chi connectivity index (χ3v) is 11.6. The van der Waals surface area contributed by atoms with Crippen LogP contribution < -0.4 is 10.2 Å². The molecule has 332 valence electrons. The highest BCUT2D eigenvalue weighted by Gasteiger charge is 2.23. The topological polar surface area (TPSA) is 108 Å². The lowest BCUT2D eigenvalue weighted by molar-refractivity contribution is -0.870. The molecule has 1 amide bonds. The maximum atomic E-state index is 12.7. The molecule has 0 spiro atoms. The van der Waals surface area contributed by atoms with Gasteiger partial charge in [0.15, 0.2) is 0 Å². The fourth-order valence-electron chi connectivity index (χ4n) is 6.87. The second-order valence-electron chi connectivity index (χ2n) is 17.5. The molecule has 0 fully saturated rings. The number of phosphoric acid groups is 1. The number of hydrogen-bond acceptors (Lipinski definition) is 6. The first kappa shape index (κ1) is 55.0. The number of carbonyl (C=O) groups excluding carboxylic acids is 1. The van der Waals surface area contributed by atoms with E-state index in [9.17, 15) is 19.4 Å². The van der Waals surface area contributed by atoms with E-state index in [1.165, 1.54) is 161 Å². The minimum absolute atomic E-state index is 0.00482. The number of hydrogen-bond donors (Lipinski definition) is 2. The average molecular weight is 813 g/mol. The Morgan fingerprint density at radius 3 is 1.45 bits per heavy atom. The standard InChI is InChI=1S/C47H93N2O6P/c1-6-8-10-12-14-15-16-17-18-19-20-21-22-23-24-25-26-27-28-29-30-31-32-33-35-36-38-40-46(50)45(44-55-56(52,53)54-43-42-49(3,4)5)48-47(51)41-39-37-34-13-11-9-7-2/h32-33,38,40,45-46,50H,6-31,34-37,39,41-44H2,1-5H3,(H-,48,51,52,53)/b33-32+,40-38+. The Kier molecular flexibility index (Phi) is 38.7. The number of aliphatic hydroxyl groups is 1. The smallest absolute Gasteiger partial charge is 0.268 e. The lowest BCUT2D eigenvalue weighted by atomic mass is 10.0. The number of rotatable bonds is 43. The summed E-state index contributed by atoms with van der Waals surface area (Å²) in [6.07, 6.45) is 47.0. The van der Waals surface area contributed by atoms with Gasteiger partial charge in [0.25, 0.3) is 7.82 Å². The van der Waals surface area contributed by atoms with Crippen molar-refractivity contribution in [1.29, 1.82) is 0 Å². The first-order valence-corrected chi connectivity index (χ1v) is 25.2. The molecule has 0 aromatic rings. The number of aliphatic hydroxyl groups excluding tert-OH is 1. The van der Waals surface area contributed by atoms with Crippen molar-refractivity contribution in [3.63, 3.8) is 0 Å². The van der Waals surface area contributed by atoms with Crippen LogP contribution in [0.15, 0.2) is 24.3 Å². The third-order valence-electron chi connectivity index (χ3n) is 10.7. The zero-order valence-corrected chi connectivity index (χ0v) is 38.5. The van der Waals surface area contributed by atoms with Crippen LogP contribution in [0.1, 0.15) is 219 Å². The van der Waals surface area contributed by atoms with E-state index >= 15 is 0 Å². The van der Waals surface area contributed by atoms with Crippen LogP contribution in [0.25, 0.3) is 0 Å². The molecule has 3 unspecified atom stereocenters. The molecule has 0 aliphatic heterocycles. The second kappa shape index (κ2) is 39.4. The van der Waals surface area contributed by atoms with E-state index in [2.05, 4.69) is 31.3 Å². The summed E-state index contributed by atoms with van der Waals surface area (Å²) in [7, 11) is 1.25. The summed E-state index contributed by atoms with van der Waals surface area (Å²) in [5.74, 6) is -0.213. The molecule has 0 aromatic heterocycles. The van der Waals surface area contributed by atoms with Crippen LogP contribution in [0.4, 0.5) is 0 Å². The van der Waals surface area contributed by atoms with Crippen LogP contribution in [-0.2, 0) is 18.4 Å². The summed E-state index contributed by atoms with van der Waals surface area (Å²) < 4.78 is 23.1. The number of unbranched alkanes of at least 4 members (excludes halogenated alkanes) is 28. The lowest BCUT2D eigenvalue weighted by Gasteiger charge is -2.29. The molecule has 0 heterocycles. The van der Waals surface area contributed by atoms with Gasteiger partial charge < -0.3 is 28.8 Å². The van der Waals surface area contributed by atoms with Crippen molar-refractivity contribution in [2.45, 2.75) is 231 Å². The van der Waals surface area contributed by atoms with Crippen molar-refractivity contribution in [3.8, 4) is 0 Å². The molecule has 0 aliphatic rings. The number of nitrogens with one attached hydrogen (secondary N) is 1. The van der Waals surface area contributed by atoms with Gasteiger partial charge in [-0.25, -0.2) is 0 Å². The Balaban J connectivity index is 4.13. The maximum absolute atomic E-state index is 12.7. The number of nitrogens with zero attached hydrogens (tertiary/aromatic N) is 1. The molecule has 0 rings (SSSR count). The van der Waals surface area contributed by atoms with E-state index in [1.54, 1.807) is 6.08 Å². The lowest BCUT2D eigenvalue weighted by Crippen LogP contribution is -2.45. The Bertz CT molecular complexity index is 969. The van der Waals surface area contributed by atoms with Crippen molar-refractivity contribution in [2.24, 2.45) is 0 Å². The fraction of sp³-hybridized carbons (Fsp3) is 0.894. The summed E-state index contributed by atoms with van der Waals surface area (Å²) in [5.41, 5.74) is 0. The van der Waals surface area contributed by atoms with Crippen molar-refractivity contribution < 1.29 is 32.9 Å². The van der Waals surface area contributed by atoms with Gasteiger partial charge >= 0.3 is 0 Å². The number of quaternary nitrogens is 1. The highest BCUT2D eigenvalue weighted by Crippen LogP contribution is 2.38. The summed E-state index contributed by atoms with van der Waals surface area (Å²) >= 11 is 0. The molecule has 0 radical (unpaired) electrons. The summed E-state index contributed by atoms with van der Waals surface area (Å²) in [6, 6.07) is -0.896. The van der Waals surface area contributed by atoms with Crippen LogP contribution >= 0.6 is 7.82 Å². The number of allylic oxidation sites excluding steroid dienone is 3. The summed E-state index contributed by atoms with van der Waals surface area (Å²) in [6.45, 7) is 4.58. The van der Waals surface area contributed by atoms with Gasteiger partial charge in [-0.1, -0.05) is 205 Å². The van der Waals surface area contributed by atoms with Crippen LogP contribution in [0.5, 0.6) is 0 Å². The van der Waals surface area contributed by atoms with E-state index in [0.717, 1.165) is 38.5 Å². The molecular weight excluding hydrogens is 719 g/mol. The van der Waals surface area contributed by atoms with Crippen LogP contribution in [0, 0.1) is 0 Å². The molecule has 8 nitrogen and oxygen atoms in total. The number of amides is 1. The van der Waals surface area contributed by atoms with E-state index in [4.69, 9.17) is 9.05 Å². The first-order valence-electron chi connectivity index (χ1n) is 23.7. The molecule has 56 heavy (non-hydrogen) atoms. The van der Waals surface area contributed by atoms with Crippen molar-refractivity contribution in [3.05, 3.63) is 24.3 Å². The van der Waals surface area contributed by atoms with Gasteiger partial charge in [-0.3, -0.25) is 9.36 Å². The van der Waals surface area contributed by atoms with E-state index in [-0.39, 0.29) is 12.5 Å². The molecule has 0 saturated carbocycles. The average Bonchev–Trinajstić information content (AvgIpc) is 3.15. The van der Waals surface area contributed by atoms with Crippen LogP contribution in [-0.4, -0.2) is 68.5 Å². The van der Waals surface area contributed by atoms with Crippen LogP contribution in [0.2, 0.25) is 0 Å². The van der Waals surface area contributed by atoms with Gasteiger partial charge in [0.05, 0.1) is 39.9 Å². The largest absolute Gasteiger partial charge is 0.756 e. The monoisotopic (exact) mass is 813 g/mol. The van der Waals surface area contributed by atoms with E-state index in [1.807, 2.05) is 27.2 Å². The maximum Gasteiger partial charge on any atom is 0.268 e. The minimum Gasteiger partial charge on any atom is -0.756 e. The minimum atomic E-state index is -4.58. The zero-order chi connectivity index (χ0) is 41.4. The molecule has 0 saturated heterocycles. The normalized spacial score (nSPS) is 14.5. The fourth-order valence-corrected chi connectivity index (χ4v) is 7.60. The zero-order valence-electron chi connectivity index (χ0n) is 37.6. The van der Waals surface area contributed by atoms with Gasteiger partial charge in [0.2, 0.25) is 5.91 Å². The number of carbonyl (C=O) groups is 1.